The fourth-order valence-electron chi connectivity index (χ4n) is 1.36. The van der Waals surface area contributed by atoms with E-state index in [4.69, 9.17) is 10.6 Å². The van der Waals surface area contributed by atoms with Crippen LogP contribution >= 0.6 is 0 Å². The Labute approximate surface area is 119 Å². The fraction of sp³-hybridized carbons (Fsp3) is 0.385. The Bertz CT molecular complexity index is 489. The lowest BCUT2D eigenvalue weighted by Crippen LogP contribution is -2.39. The highest BCUT2D eigenvalue weighted by molar-refractivity contribution is 5.83. The van der Waals surface area contributed by atoms with Crippen LogP contribution in [0.2, 0.25) is 0 Å². The maximum atomic E-state index is 11.9. The van der Waals surface area contributed by atoms with E-state index in [1.165, 1.54) is 6.92 Å². The van der Waals surface area contributed by atoms with Crippen molar-refractivity contribution >= 4 is 11.7 Å². The first-order chi connectivity index (χ1) is 9.78. The molecule has 0 saturated heterocycles. The number of amidine groups is 1. The number of carbonyl (C=O) groups excluding carboxylic acids is 1. The summed E-state index contributed by atoms with van der Waals surface area (Å²) in [6, 6.07) is 9.18. The molecule has 5 nitrogen and oxygen atoms in total. The number of alkyl halides is 3. The van der Waals surface area contributed by atoms with E-state index < -0.39 is 24.7 Å². The van der Waals surface area contributed by atoms with Crippen LogP contribution < -0.4 is 11.1 Å². The Morgan fingerprint density at radius 2 is 2.00 bits per heavy atom. The summed E-state index contributed by atoms with van der Waals surface area (Å²) in [5, 5.41) is 5.23. The van der Waals surface area contributed by atoms with Crippen molar-refractivity contribution in [2.75, 3.05) is 6.54 Å². The van der Waals surface area contributed by atoms with Gasteiger partial charge in [-0.1, -0.05) is 35.5 Å². The molecule has 0 aliphatic rings. The van der Waals surface area contributed by atoms with Gasteiger partial charge in [-0.15, -0.1) is 0 Å². The van der Waals surface area contributed by atoms with Crippen molar-refractivity contribution in [3.8, 4) is 0 Å². The van der Waals surface area contributed by atoms with Crippen LogP contribution in [0.4, 0.5) is 13.2 Å². The number of nitrogens with two attached hydrogens (primary N) is 1. The predicted octanol–water partition coefficient (Wildman–Crippen LogP) is 1.58. The molecule has 0 bridgehead atoms. The van der Waals surface area contributed by atoms with Crippen molar-refractivity contribution < 1.29 is 22.8 Å². The van der Waals surface area contributed by atoms with Gasteiger partial charge in [0.25, 0.3) is 5.91 Å². The van der Waals surface area contributed by atoms with Crippen LogP contribution in [-0.4, -0.2) is 30.6 Å². The van der Waals surface area contributed by atoms with Crippen LogP contribution in [0.3, 0.4) is 0 Å². The summed E-state index contributed by atoms with van der Waals surface area (Å²) in [6.45, 7) is -0.131. The molecular formula is C13H16F3N3O2. The molecule has 1 atom stereocenters. The SMILES string of the molecule is CC(O/N=C(/N)Cc1ccccc1)C(=O)NCC(F)(F)F. The topological polar surface area (TPSA) is 76.7 Å². The second-order valence-electron chi connectivity index (χ2n) is 4.33. The zero-order valence-electron chi connectivity index (χ0n) is 11.4. The van der Waals surface area contributed by atoms with Crippen molar-refractivity contribution in [2.45, 2.75) is 25.6 Å². The fourth-order valence-corrected chi connectivity index (χ4v) is 1.36. The number of carbonyl (C=O) groups is 1. The van der Waals surface area contributed by atoms with Gasteiger partial charge in [0, 0.05) is 6.42 Å². The minimum absolute atomic E-state index is 0.122. The molecule has 1 unspecified atom stereocenters. The number of amides is 1. The van der Waals surface area contributed by atoms with E-state index in [-0.39, 0.29) is 5.84 Å². The molecule has 116 valence electrons. The zero-order valence-corrected chi connectivity index (χ0v) is 11.4. The predicted molar refractivity (Wildman–Crippen MR) is 71.4 cm³/mol. The highest BCUT2D eigenvalue weighted by Gasteiger charge is 2.29. The van der Waals surface area contributed by atoms with Crippen LogP contribution in [-0.2, 0) is 16.1 Å². The highest BCUT2D eigenvalue weighted by Crippen LogP contribution is 2.12. The molecule has 0 spiro atoms. The van der Waals surface area contributed by atoms with Crippen LogP contribution in [0.5, 0.6) is 0 Å². The summed E-state index contributed by atoms with van der Waals surface area (Å²) in [5.41, 5.74) is 6.51. The monoisotopic (exact) mass is 303 g/mol. The number of nitrogens with one attached hydrogen (secondary N) is 1. The first-order valence-corrected chi connectivity index (χ1v) is 6.14. The first-order valence-electron chi connectivity index (χ1n) is 6.14. The number of hydrogen-bond acceptors (Lipinski definition) is 3. The molecule has 0 aromatic heterocycles. The van der Waals surface area contributed by atoms with Crippen molar-refractivity contribution in [3.05, 3.63) is 35.9 Å². The molecule has 1 amide bonds. The van der Waals surface area contributed by atoms with Crippen molar-refractivity contribution in [2.24, 2.45) is 10.9 Å². The average Bonchev–Trinajstić information content (AvgIpc) is 2.42. The van der Waals surface area contributed by atoms with E-state index in [9.17, 15) is 18.0 Å². The molecule has 8 heteroatoms. The molecule has 1 aromatic rings. The molecule has 1 rings (SSSR count). The third kappa shape index (κ3) is 7.19. The minimum atomic E-state index is -4.47. The largest absolute Gasteiger partial charge is 0.405 e. The van der Waals surface area contributed by atoms with Crippen LogP contribution in [0.1, 0.15) is 12.5 Å². The molecule has 21 heavy (non-hydrogen) atoms. The van der Waals surface area contributed by atoms with Gasteiger partial charge < -0.3 is 15.9 Å². The van der Waals surface area contributed by atoms with E-state index >= 15 is 0 Å². The number of benzene rings is 1. The highest BCUT2D eigenvalue weighted by atomic mass is 19.4. The van der Waals surface area contributed by atoms with Gasteiger partial charge in [0.2, 0.25) is 6.10 Å². The minimum Gasteiger partial charge on any atom is -0.384 e. The maximum Gasteiger partial charge on any atom is 0.405 e. The third-order valence-corrected chi connectivity index (χ3v) is 2.39. The third-order valence-electron chi connectivity index (χ3n) is 2.39. The lowest BCUT2D eigenvalue weighted by Gasteiger charge is -2.12. The molecule has 0 fully saturated rings. The number of rotatable bonds is 6. The average molecular weight is 303 g/mol. The molecule has 1 aromatic carbocycles. The summed E-state index contributed by atoms with van der Waals surface area (Å²) in [4.78, 5) is 16.1. The maximum absolute atomic E-state index is 11.9. The number of hydrogen-bond donors (Lipinski definition) is 2. The van der Waals surface area contributed by atoms with E-state index in [0.29, 0.717) is 6.42 Å². The molecule has 0 aliphatic heterocycles. The Balaban J connectivity index is 2.41. The normalized spacial score (nSPS) is 13.6. The summed E-state index contributed by atoms with van der Waals surface area (Å²) in [7, 11) is 0. The Morgan fingerprint density at radius 3 is 2.57 bits per heavy atom. The molecular weight excluding hydrogens is 287 g/mol. The van der Waals surface area contributed by atoms with Crippen LogP contribution in [0, 0.1) is 0 Å². The number of halogens is 3. The van der Waals surface area contributed by atoms with Crippen molar-refractivity contribution in [1.82, 2.24) is 5.32 Å². The van der Waals surface area contributed by atoms with E-state index in [1.54, 1.807) is 5.32 Å². The van der Waals surface area contributed by atoms with Crippen LogP contribution in [0.25, 0.3) is 0 Å². The Hall–Kier alpha value is -2.25. The van der Waals surface area contributed by atoms with Crippen molar-refractivity contribution in [1.29, 1.82) is 0 Å². The summed E-state index contributed by atoms with van der Waals surface area (Å²) < 4.78 is 35.8. The second kappa shape index (κ2) is 7.51. The number of nitrogens with zero attached hydrogens (tertiary/aromatic N) is 1. The van der Waals surface area contributed by atoms with E-state index in [0.717, 1.165) is 5.56 Å². The van der Waals surface area contributed by atoms with Gasteiger partial charge in [-0.3, -0.25) is 4.79 Å². The molecule has 0 heterocycles. The molecule has 0 saturated carbocycles. The van der Waals surface area contributed by atoms with E-state index in [1.807, 2.05) is 30.3 Å². The summed E-state index contributed by atoms with van der Waals surface area (Å²) >= 11 is 0. The van der Waals surface area contributed by atoms with Crippen molar-refractivity contribution in [3.63, 3.8) is 0 Å². The quantitative estimate of drug-likeness (QED) is 0.476. The smallest absolute Gasteiger partial charge is 0.384 e. The Kier molecular flexibility index (Phi) is 6.01. The van der Waals surface area contributed by atoms with Gasteiger partial charge in [0.1, 0.15) is 12.4 Å². The van der Waals surface area contributed by atoms with Gasteiger partial charge in [-0.05, 0) is 12.5 Å². The molecule has 0 radical (unpaired) electrons. The molecule has 0 aliphatic carbocycles. The zero-order chi connectivity index (χ0) is 15.9. The van der Waals surface area contributed by atoms with Crippen LogP contribution in [0.15, 0.2) is 35.5 Å². The van der Waals surface area contributed by atoms with Gasteiger partial charge in [-0.2, -0.15) is 13.2 Å². The second-order valence-corrected chi connectivity index (χ2v) is 4.33. The first kappa shape index (κ1) is 16.8. The van der Waals surface area contributed by atoms with E-state index in [2.05, 4.69) is 5.16 Å². The lowest BCUT2D eigenvalue weighted by molar-refractivity contribution is -0.145. The number of oxime groups is 1. The van der Waals surface area contributed by atoms with Gasteiger partial charge >= 0.3 is 6.18 Å². The standard InChI is InChI=1S/C13H16F3N3O2/c1-9(12(20)18-8-13(14,15)16)21-19-11(17)7-10-5-3-2-4-6-10/h2-6,9H,7-8H2,1H3,(H2,17,19)(H,18,20). The summed E-state index contributed by atoms with van der Waals surface area (Å²) in [6.07, 6.45) is -5.32. The Morgan fingerprint density at radius 1 is 1.38 bits per heavy atom. The van der Waals surface area contributed by atoms with Gasteiger partial charge in [0.15, 0.2) is 0 Å². The lowest BCUT2D eigenvalue weighted by atomic mass is 10.1. The van der Waals surface area contributed by atoms with Gasteiger partial charge in [-0.25, -0.2) is 0 Å². The molecule has 3 N–H and O–H groups in total. The summed E-state index contributed by atoms with van der Waals surface area (Å²) in [5.74, 6) is -0.791. The van der Waals surface area contributed by atoms with Gasteiger partial charge in [0.05, 0.1) is 0 Å².